The Labute approximate surface area is 221 Å². The van der Waals surface area contributed by atoms with Crippen LogP contribution in [0.4, 0.5) is 0 Å². The first-order chi connectivity index (χ1) is 17.3. The van der Waals surface area contributed by atoms with Crippen LogP contribution in [0.2, 0.25) is 10.0 Å². The van der Waals surface area contributed by atoms with Gasteiger partial charge in [0, 0.05) is 6.42 Å². The molecule has 2 N–H and O–H groups in total. The Hall–Kier alpha value is -3.22. The molecule has 0 aromatic heterocycles. The first kappa shape index (κ1) is 27.4. The highest BCUT2D eigenvalue weighted by molar-refractivity contribution is 6.39. The molecule has 190 valence electrons. The zero-order valence-corrected chi connectivity index (χ0v) is 21.7. The summed E-state index contributed by atoms with van der Waals surface area (Å²) in [6, 6.07) is 16.5. The number of amides is 1. The highest BCUT2D eigenvalue weighted by atomic mass is 35.5. The van der Waals surface area contributed by atoms with E-state index in [4.69, 9.17) is 32.7 Å². The maximum absolute atomic E-state index is 13.1. The summed E-state index contributed by atoms with van der Waals surface area (Å²) < 4.78 is 11.1. The second-order valence-electron chi connectivity index (χ2n) is 8.40. The summed E-state index contributed by atoms with van der Waals surface area (Å²) in [5.41, 5.74) is 1.66. The van der Waals surface area contributed by atoms with Crippen molar-refractivity contribution in [3.05, 3.63) is 87.4 Å². The lowest BCUT2D eigenvalue weighted by molar-refractivity contribution is -0.136. The van der Waals surface area contributed by atoms with Crippen molar-refractivity contribution in [1.29, 1.82) is 0 Å². The van der Waals surface area contributed by atoms with Gasteiger partial charge in [-0.1, -0.05) is 91.0 Å². The predicted molar refractivity (Wildman–Crippen MR) is 141 cm³/mol. The van der Waals surface area contributed by atoms with E-state index in [2.05, 4.69) is 12.2 Å². The number of phenolic OH excluding ortho intramolecular Hbond substituents is 1. The van der Waals surface area contributed by atoms with Gasteiger partial charge in [-0.2, -0.15) is 0 Å². The minimum atomic E-state index is -1.04. The fraction of sp³-hybridized carbons (Fsp3) is 0.286. The van der Waals surface area contributed by atoms with Crippen molar-refractivity contribution in [1.82, 2.24) is 5.32 Å². The zero-order chi connectivity index (χ0) is 26.1. The third-order valence-corrected chi connectivity index (χ3v) is 6.13. The van der Waals surface area contributed by atoms with E-state index in [0.29, 0.717) is 12.4 Å². The van der Waals surface area contributed by atoms with Crippen LogP contribution < -0.4 is 14.8 Å². The van der Waals surface area contributed by atoms with Gasteiger partial charge in [0.05, 0.1) is 17.2 Å². The maximum Gasteiger partial charge on any atom is 0.334 e. The van der Waals surface area contributed by atoms with Crippen LogP contribution in [-0.2, 0) is 11.2 Å². The Morgan fingerprint density at radius 2 is 1.72 bits per heavy atom. The Bertz CT molecular complexity index is 1180. The van der Waals surface area contributed by atoms with Crippen LogP contribution >= 0.6 is 23.2 Å². The fourth-order valence-corrected chi connectivity index (χ4v) is 4.06. The molecule has 0 unspecified atom stereocenters. The second-order valence-corrected chi connectivity index (χ2v) is 9.19. The molecular weight excluding hydrogens is 501 g/mol. The average molecular weight is 530 g/mol. The predicted octanol–water partition coefficient (Wildman–Crippen LogP) is 6.52. The number of esters is 1. The van der Waals surface area contributed by atoms with Gasteiger partial charge in [0.25, 0.3) is 5.91 Å². The van der Waals surface area contributed by atoms with Gasteiger partial charge in [-0.25, -0.2) is 4.79 Å². The summed E-state index contributed by atoms with van der Waals surface area (Å²) in [6.07, 6.45) is 2.98. The lowest BCUT2D eigenvalue weighted by atomic mass is 10.0. The van der Waals surface area contributed by atoms with E-state index >= 15 is 0 Å². The molecule has 0 saturated heterocycles. The highest BCUT2D eigenvalue weighted by Gasteiger charge is 2.27. The fourth-order valence-electron chi connectivity index (χ4n) is 3.50. The van der Waals surface area contributed by atoms with E-state index in [9.17, 15) is 14.7 Å². The molecule has 0 spiro atoms. The van der Waals surface area contributed by atoms with E-state index in [-0.39, 0.29) is 27.8 Å². The van der Waals surface area contributed by atoms with Crippen LogP contribution in [0.15, 0.2) is 60.7 Å². The van der Waals surface area contributed by atoms with Gasteiger partial charge >= 0.3 is 5.97 Å². The van der Waals surface area contributed by atoms with Gasteiger partial charge in [-0.3, -0.25) is 4.79 Å². The Balaban J connectivity index is 1.81. The largest absolute Gasteiger partial charge is 0.505 e. The van der Waals surface area contributed by atoms with Crippen molar-refractivity contribution in [3.63, 3.8) is 0 Å². The molecule has 36 heavy (non-hydrogen) atoms. The number of hydrogen-bond acceptors (Lipinski definition) is 5. The lowest BCUT2D eigenvalue weighted by Crippen LogP contribution is -2.44. The molecule has 8 heteroatoms. The summed E-state index contributed by atoms with van der Waals surface area (Å²) in [6.45, 7) is 4.37. The SMILES string of the molecule is CCCCCOc1c(Cl)cc(C(=O)N[C@@H](Cc2ccccc2)C(=O)Oc2ccc(C)cc2)c(O)c1Cl. The topological polar surface area (TPSA) is 84.9 Å². The van der Waals surface area contributed by atoms with Crippen LogP contribution in [0.1, 0.15) is 47.7 Å². The average Bonchev–Trinajstić information content (AvgIpc) is 2.87. The third kappa shape index (κ3) is 7.39. The second kappa shape index (κ2) is 13.2. The maximum atomic E-state index is 13.1. The van der Waals surface area contributed by atoms with Crippen molar-refractivity contribution >= 4 is 35.1 Å². The molecular formula is C28H29Cl2NO5. The minimum Gasteiger partial charge on any atom is -0.505 e. The summed E-state index contributed by atoms with van der Waals surface area (Å²) >= 11 is 12.6. The van der Waals surface area contributed by atoms with Crippen LogP contribution in [-0.4, -0.2) is 29.6 Å². The number of phenols is 1. The molecule has 6 nitrogen and oxygen atoms in total. The third-order valence-electron chi connectivity index (χ3n) is 5.50. The molecule has 0 radical (unpaired) electrons. The monoisotopic (exact) mass is 529 g/mol. The van der Waals surface area contributed by atoms with Crippen LogP contribution in [0.25, 0.3) is 0 Å². The molecule has 0 aliphatic rings. The van der Waals surface area contributed by atoms with Crippen molar-refractivity contribution in [2.45, 2.75) is 45.6 Å². The number of unbranched alkanes of at least 4 members (excludes halogenated alkanes) is 2. The van der Waals surface area contributed by atoms with Gasteiger partial charge in [0.1, 0.15) is 16.8 Å². The van der Waals surface area contributed by atoms with E-state index in [0.717, 1.165) is 30.4 Å². The van der Waals surface area contributed by atoms with Crippen molar-refractivity contribution in [3.8, 4) is 17.2 Å². The van der Waals surface area contributed by atoms with Crippen LogP contribution in [0.5, 0.6) is 17.2 Å². The van der Waals surface area contributed by atoms with Gasteiger partial charge < -0.3 is 19.9 Å². The zero-order valence-electron chi connectivity index (χ0n) is 20.2. The van der Waals surface area contributed by atoms with Crippen molar-refractivity contribution in [2.24, 2.45) is 0 Å². The Morgan fingerprint density at radius 1 is 1.03 bits per heavy atom. The van der Waals surface area contributed by atoms with Crippen molar-refractivity contribution < 1.29 is 24.2 Å². The summed E-state index contributed by atoms with van der Waals surface area (Å²) in [5, 5.41) is 13.2. The van der Waals surface area contributed by atoms with Crippen LogP contribution in [0.3, 0.4) is 0 Å². The van der Waals surface area contributed by atoms with Gasteiger partial charge in [-0.05, 0) is 37.1 Å². The Kier molecular flexibility index (Phi) is 10.0. The van der Waals surface area contributed by atoms with E-state index < -0.39 is 23.7 Å². The number of ether oxygens (including phenoxy) is 2. The number of rotatable bonds is 11. The smallest absolute Gasteiger partial charge is 0.334 e. The number of aromatic hydroxyl groups is 1. The number of carbonyl (C=O) groups excluding carboxylic acids is 2. The Morgan fingerprint density at radius 3 is 2.39 bits per heavy atom. The number of hydrogen-bond donors (Lipinski definition) is 2. The minimum absolute atomic E-state index is 0.0845. The van der Waals surface area contributed by atoms with Crippen molar-refractivity contribution in [2.75, 3.05) is 6.61 Å². The highest BCUT2D eigenvalue weighted by Crippen LogP contribution is 2.42. The molecule has 1 amide bonds. The normalized spacial score (nSPS) is 11.6. The number of benzene rings is 3. The molecule has 3 aromatic carbocycles. The van der Waals surface area contributed by atoms with Crippen LogP contribution in [0, 0.1) is 6.92 Å². The molecule has 0 saturated carbocycles. The first-order valence-electron chi connectivity index (χ1n) is 11.8. The summed E-state index contributed by atoms with van der Waals surface area (Å²) in [5.74, 6) is -1.38. The number of carbonyl (C=O) groups is 2. The van der Waals surface area contributed by atoms with Gasteiger partial charge in [0.15, 0.2) is 11.5 Å². The molecule has 0 fully saturated rings. The molecule has 1 atom stereocenters. The first-order valence-corrected chi connectivity index (χ1v) is 12.5. The molecule has 0 bridgehead atoms. The summed E-state index contributed by atoms with van der Waals surface area (Å²) in [7, 11) is 0. The van der Waals surface area contributed by atoms with E-state index in [1.165, 1.54) is 6.07 Å². The van der Waals surface area contributed by atoms with Gasteiger partial charge in [0.2, 0.25) is 0 Å². The lowest BCUT2D eigenvalue weighted by Gasteiger charge is -2.19. The standard InChI is InChI=1S/C28H29Cl2NO5/c1-3-4-8-15-35-26-22(29)17-21(25(32)24(26)30)27(33)31-23(16-19-9-6-5-7-10-19)28(34)36-20-13-11-18(2)12-14-20/h5-7,9-14,17,23,32H,3-4,8,15-16H2,1-2H3,(H,31,33)/t23-/m0/s1. The van der Waals surface area contributed by atoms with E-state index in [1.807, 2.05) is 49.4 Å². The molecule has 0 aliphatic carbocycles. The van der Waals surface area contributed by atoms with Gasteiger partial charge in [-0.15, -0.1) is 0 Å². The summed E-state index contributed by atoms with van der Waals surface area (Å²) in [4.78, 5) is 26.2. The number of halogens is 2. The molecule has 0 aliphatic heterocycles. The molecule has 3 aromatic rings. The molecule has 0 heterocycles. The van der Waals surface area contributed by atoms with E-state index in [1.54, 1.807) is 12.1 Å². The number of nitrogens with one attached hydrogen (secondary N) is 1. The number of aryl methyl sites for hydroxylation is 1. The quantitative estimate of drug-likeness (QED) is 0.167. The molecule has 3 rings (SSSR count).